The average molecular weight is 214 g/mol. The molecule has 3 nitrogen and oxygen atoms in total. The predicted molar refractivity (Wildman–Crippen MR) is 64.1 cm³/mol. The molecule has 0 radical (unpaired) electrons. The van der Waals surface area contributed by atoms with Crippen LogP contribution in [0, 0.1) is 5.92 Å². The molecular formula is C12H26N2O. The van der Waals surface area contributed by atoms with Gasteiger partial charge >= 0.3 is 0 Å². The lowest BCUT2D eigenvalue weighted by Crippen LogP contribution is -2.48. The Hall–Kier alpha value is -0.120. The molecule has 1 fully saturated rings. The summed E-state index contributed by atoms with van der Waals surface area (Å²) in [6.07, 6.45) is 1.63. The standard InChI is InChI=1S/C12H26N2O/c1-5-14-12(3,4)9-13-8-11-6-7-15-10(11)2/h10-11,13-14H,5-9H2,1-4H3. The van der Waals surface area contributed by atoms with Gasteiger partial charge in [-0.05, 0) is 39.7 Å². The van der Waals surface area contributed by atoms with Crippen LogP contribution >= 0.6 is 0 Å². The molecule has 1 aliphatic rings. The summed E-state index contributed by atoms with van der Waals surface area (Å²) in [5.41, 5.74) is 0.192. The van der Waals surface area contributed by atoms with Crippen LogP contribution in [0.1, 0.15) is 34.1 Å². The van der Waals surface area contributed by atoms with Crippen LogP contribution in [0.15, 0.2) is 0 Å². The molecule has 1 aliphatic heterocycles. The molecule has 0 amide bonds. The van der Waals surface area contributed by atoms with Gasteiger partial charge in [0.1, 0.15) is 0 Å². The van der Waals surface area contributed by atoms with E-state index in [9.17, 15) is 0 Å². The Bertz CT molecular complexity index is 182. The maximum atomic E-state index is 5.54. The largest absolute Gasteiger partial charge is 0.378 e. The Kier molecular flexibility index (Phi) is 5.03. The minimum atomic E-state index is 0.192. The van der Waals surface area contributed by atoms with Crippen LogP contribution in [0.3, 0.4) is 0 Å². The number of nitrogens with one attached hydrogen (secondary N) is 2. The highest BCUT2D eigenvalue weighted by molar-refractivity contribution is 4.81. The summed E-state index contributed by atoms with van der Waals surface area (Å²) in [6, 6.07) is 0. The lowest BCUT2D eigenvalue weighted by molar-refractivity contribution is 0.105. The highest BCUT2D eigenvalue weighted by atomic mass is 16.5. The van der Waals surface area contributed by atoms with Crippen molar-refractivity contribution in [2.24, 2.45) is 5.92 Å². The van der Waals surface area contributed by atoms with Crippen LogP contribution < -0.4 is 10.6 Å². The van der Waals surface area contributed by atoms with E-state index in [0.29, 0.717) is 12.0 Å². The van der Waals surface area contributed by atoms with Crippen molar-refractivity contribution in [3.8, 4) is 0 Å². The summed E-state index contributed by atoms with van der Waals surface area (Å²) in [7, 11) is 0. The zero-order valence-electron chi connectivity index (χ0n) is 10.6. The molecule has 2 N–H and O–H groups in total. The Balaban J connectivity index is 2.15. The van der Waals surface area contributed by atoms with Crippen LogP contribution in [0.5, 0.6) is 0 Å². The van der Waals surface area contributed by atoms with E-state index in [1.165, 1.54) is 6.42 Å². The van der Waals surface area contributed by atoms with E-state index in [0.717, 1.165) is 26.2 Å². The first-order valence-corrected chi connectivity index (χ1v) is 6.12. The lowest BCUT2D eigenvalue weighted by atomic mass is 10.0. The van der Waals surface area contributed by atoms with Crippen molar-refractivity contribution in [1.82, 2.24) is 10.6 Å². The van der Waals surface area contributed by atoms with Gasteiger partial charge in [-0.1, -0.05) is 6.92 Å². The topological polar surface area (TPSA) is 33.3 Å². The highest BCUT2D eigenvalue weighted by Crippen LogP contribution is 2.19. The molecule has 3 heteroatoms. The lowest BCUT2D eigenvalue weighted by Gasteiger charge is -2.27. The van der Waals surface area contributed by atoms with E-state index in [1.807, 2.05) is 0 Å². The van der Waals surface area contributed by atoms with Crippen molar-refractivity contribution >= 4 is 0 Å². The molecule has 90 valence electrons. The average Bonchev–Trinajstić information content (AvgIpc) is 2.51. The first kappa shape index (κ1) is 12.9. The van der Waals surface area contributed by atoms with Crippen LogP contribution in [0.4, 0.5) is 0 Å². The molecule has 2 atom stereocenters. The molecular weight excluding hydrogens is 188 g/mol. The maximum Gasteiger partial charge on any atom is 0.0588 e. The Labute approximate surface area is 94.0 Å². The van der Waals surface area contributed by atoms with Crippen molar-refractivity contribution in [2.75, 3.05) is 26.2 Å². The third-order valence-corrected chi connectivity index (χ3v) is 3.16. The zero-order chi connectivity index (χ0) is 11.3. The molecule has 0 aromatic carbocycles. The van der Waals surface area contributed by atoms with E-state index in [2.05, 4.69) is 38.3 Å². The van der Waals surface area contributed by atoms with Crippen molar-refractivity contribution in [3.63, 3.8) is 0 Å². The van der Waals surface area contributed by atoms with Gasteiger partial charge in [-0.15, -0.1) is 0 Å². The van der Waals surface area contributed by atoms with Gasteiger partial charge in [0.05, 0.1) is 6.10 Å². The van der Waals surface area contributed by atoms with Gasteiger partial charge in [0.2, 0.25) is 0 Å². The molecule has 0 aromatic heterocycles. The second-order valence-electron chi connectivity index (χ2n) is 5.17. The normalized spacial score (nSPS) is 27.2. The summed E-state index contributed by atoms with van der Waals surface area (Å²) in [6.45, 7) is 12.8. The summed E-state index contributed by atoms with van der Waals surface area (Å²) >= 11 is 0. The van der Waals surface area contributed by atoms with E-state index < -0.39 is 0 Å². The van der Waals surface area contributed by atoms with Gasteiger partial charge in [-0.2, -0.15) is 0 Å². The van der Waals surface area contributed by atoms with Crippen molar-refractivity contribution in [2.45, 2.75) is 45.8 Å². The van der Waals surface area contributed by atoms with Crippen LogP contribution in [-0.2, 0) is 4.74 Å². The van der Waals surface area contributed by atoms with Gasteiger partial charge in [-0.25, -0.2) is 0 Å². The number of likely N-dealkylation sites (N-methyl/N-ethyl adjacent to an activating group) is 1. The molecule has 0 spiro atoms. The zero-order valence-corrected chi connectivity index (χ0v) is 10.6. The van der Waals surface area contributed by atoms with Crippen molar-refractivity contribution in [1.29, 1.82) is 0 Å². The molecule has 0 saturated carbocycles. The van der Waals surface area contributed by atoms with Gasteiger partial charge in [0, 0.05) is 25.2 Å². The first-order chi connectivity index (χ1) is 7.05. The van der Waals surface area contributed by atoms with E-state index >= 15 is 0 Å². The summed E-state index contributed by atoms with van der Waals surface area (Å²) in [5.74, 6) is 0.697. The smallest absolute Gasteiger partial charge is 0.0588 e. The number of ether oxygens (including phenoxy) is 1. The first-order valence-electron chi connectivity index (χ1n) is 6.12. The fourth-order valence-electron chi connectivity index (χ4n) is 2.16. The minimum Gasteiger partial charge on any atom is -0.378 e. The quantitative estimate of drug-likeness (QED) is 0.701. The van der Waals surface area contributed by atoms with E-state index in [-0.39, 0.29) is 5.54 Å². The number of rotatable bonds is 6. The molecule has 0 bridgehead atoms. The van der Waals surface area contributed by atoms with E-state index in [1.54, 1.807) is 0 Å². The van der Waals surface area contributed by atoms with Crippen LogP contribution in [0.25, 0.3) is 0 Å². The third-order valence-electron chi connectivity index (χ3n) is 3.16. The monoisotopic (exact) mass is 214 g/mol. The SMILES string of the molecule is CCNC(C)(C)CNCC1CCOC1C. The molecule has 1 heterocycles. The molecule has 1 saturated heterocycles. The third kappa shape index (κ3) is 4.49. The number of hydrogen-bond acceptors (Lipinski definition) is 3. The van der Waals surface area contributed by atoms with E-state index in [4.69, 9.17) is 4.74 Å². The predicted octanol–water partition coefficient (Wildman–Crippen LogP) is 1.39. The second kappa shape index (κ2) is 5.83. The van der Waals surface area contributed by atoms with Gasteiger partial charge in [-0.3, -0.25) is 0 Å². The molecule has 15 heavy (non-hydrogen) atoms. The fourth-order valence-corrected chi connectivity index (χ4v) is 2.16. The second-order valence-corrected chi connectivity index (χ2v) is 5.17. The molecule has 2 unspecified atom stereocenters. The van der Waals surface area contributed by atoms with Gasteiger partial charge in [0.15, 0.2) is 0 Å². The van der Waals surface area contributed by atoms with Crippen LogP contribution in [-0.4, -0.2) is 37.9 Å². The summed E-state index contributed by atoms with van der Waals surface area (Å²) in [5, 5.41) is 7.01. The van der Waals surface area contributed by atoms with Crippen LogP contribution in [0.2, 0.25) is 0 Å². The molecule has 1 rings (SSSR count). The number of hydrogen-bond donors (Lipinski definition) is 2. The maximum absolute atomic E-state index is 5.54. The fraction of sp³-hybridized carbons (Fsp3) is 1.00. The van der Waals surface area contributed by atoms with Crippen molar-refractivity contribution in [3.05, 3.63) is 0 Å². The Morgan fingerprint density at radius 2 is 2.13 bits per heavy atom. The van der Waals surface area contributed by atoms with Gasteiger partial charge in [0.25, 0.3) is 0 Å². The minimum absolute atomic E-state index is 0.192. The summed E-state index contributed by atoms with van der Waals surface area (Å²) in [4.78, 5) is 0. The molecule has 0 aromatic rings. The molecule has 0 aliphatic carbocycles. The Morgan fingerprint density at radius 3 is 2.67 bits per heavy atom. The summed E-state index contributed by atoms with van der Waals surface area (Å²) < 4.78 is 5.54. The highest BCUT2D eigenvalue weighted by Gasteiger charge is 2.24. The van der Waals surface area contributed by atoms with Gasteiger partial charge < -0.3 is 15.4 Å². The van der Waals surface area contributed by atoms with Crippen molar-refractivity contribution < 1.29 is 4.74 Å². The Morgan fingerprint density at radius 1 is 1.40 bits per heavy atom.